The van der Waals surface area contributed by atoms with Crippen LogP contribution in [-0.4, -0.2) is 18.4 Å². The second-order valence-electron chi connectivity index (χ2n) is 6.13. The molecule has 0 spiro atoms. The first-order valence-electron chi connectivity index (χ1n) is 8.05. The fraction of sp³-hybridized carbons (Fsp3) is 0.263. The van der Waals surface area contributed by atoms with Crippen molar-refractivity contribution in [2.45, 2.75) is 19.9 Å². The molecule has 4 nitrogen and oxygen atoms in total. The van der Waals surface area contributed by atoms with E-state index in [1.165, 1.54) is 11.0 Å². The number of halogens is 2. The molecular weight excluding hydrogens is 387 g/mol. The number of nitrogens with one attached hydrogen (secondary N) is 1. The highest BCUT2D eigenvalue weighted by Gasteiger charge is 2.38. The molecule has 1 N–H and O–H groups in total. The Morgan fingerprint density at radius 2 is 2.12 bits per heavy atom. The Balaban J connectivity index is 1.66. The summed E-state index contributed by atoms with van der Waals surface area (Å²) >= 11 is 3.20. The third kappa shape index (κ3) is 3.90. The van der Waals surface area contributed by atoms with Gasteiger partial charge in [0.25, 0.3) is 0 Å². The van der Waals surface area contributed by atoms with Crippen molar-refractivity contribution >= 4 is 33.4 Å². The van der Waals surface area contributed by atoms with Crippen LogP contribution in [0, 0.1) is 18.7 Å². The number of benzene rings is 2. The molecule has 3 rings (SSSR count). The largest absolute Gasteiger partial charge is 0.351 e. The SMILES string of the molecule is Cc1cccc(CNC(=O)[C@H]2CCN(c3ccc(Br)cc3F)C2=O)c1. The number of amides is 2. The normalized spacial score (nSPS) is 17.0. The molecule has 1 atom stereocenters. The maximum atomic E-state index is 14.1. The van der Waals surface area contributed by atoms with Crippen molar-refractivity contribution in [1.82, 2.24) is 5.32 Å². The summed E-state index contributed by atoms with van der Waals surface area (Å²) in [6.45, 7) is 2.69. The van der Waals surface area contributed by atoms with E-state index >= 15 is 0 Å². The van der Waals surface area contributed by atoms with Gasteiger partial charge in [-0.1, -0.05) is 45.8 Å². The number of carbonyl (C=O) groups is 2. The van der Waals surface area contributed by atoms with Gasteiger partial charge in [-0.2, -0.15) is 0 Å². The van der Waals surface area contributed by atoms with Crippen LogP contribution in [0.5, 0.6) is 0 Å². The highest BCUT2D eigenvalue weighted by Crippen LogP contribution is 2.29. The summed E-state index contributed by atoms with van der Waals surface area (Å²) < 4.78 is 14.7. The van der Waals surface area contributed by atoms with Crippen molar-refractivity contribution in [2.75, 3.05) is 11.4 Å². The van der Waals surface area contributed by atoms with Gasteiger partial charge in [0.2, 0.25) is 11.8 Å². The summed E-state index contributed by atoms with van der Waals surface area (Å²) in [4.78, 5) is 26.3. The van der Waals surface area contributed by atoms with Gasteiger partial charge in [-0.05, 0) is 37.1 Å². The van der Waals surface area contributed by atoms with Gasteiger partial charge in [-0.15, -0.1) is 0 Å². The van der Waals surface area contributed by atoms with Crippen molar-refractivity contribution < 1.29 is 14.0 Å². The Kier molecular flexibility index (Phi) is 5.18. The van der Waals surface area contributed by atoms with Crippen LogP contribution in [-0.2, 0) is 16.1 Å². The van der Waals surface area contributed by atoms with Gasteiger partial charge in [0, 0.05) is 17.6 Å². The Hall–Kier alpha value is -2.21. The number of hydrogen-bond donors (Lipinski definition) is 1. The molecule has 2 aromatic rings. The Morgan fingerprint density at radius 1 is 1.32 bits per heavy atom. The molecule has 0 unspecified atom stereocenters. The van der Waals surface area contributed by atoms with Gasteiger partial charge in [0.05, 0.1) is 5.69 Å². The fourth-order valence-corrected chi connectivity index (χ4v) is 3.33. The van der Waals surface area contributed by atoms with E-state index in [2.05, 4.69) is 21.2 Å². The van der Waals surface area contributed by atoms with Crippen molar-refractivity contribution in [3.05, 3.63) is 63.9 Å². The summed E-state index contributed by atoms with van der Waals surface area (Å²) in [5.74, 6) is -1.93. The smallest absolute Gasteiger partial charge is 0.239 e. The average molecular weight is 405 g/mol. The summed E-state index contributed by atoms with van der Waals surface area (Å²) in [7, 11) is 0. The van der Waals surface area contributed by atoms with Crippen LogP contribution in [0.15, 0.2) is 46.9 Å². The van der Waals surface area contributed by atoms with E-state index in [-0.39, 0.29) is 17.5 Å². The molecule has 1 heterocycles. The molecular formula is C19H18BrFN2O2. The minimum absolute atomic E-state index is 0.210. The molecule has 6 heteroatoms. The van der Waals surface area contributed by atoms with Crippen molar-refractivity contribution in [3.63, 3.8) is 0 Å². The number of rotatable bonds is 4. The molecule has 2 aromatic carbocycles. The van der Waals surface area contributed by atoms with E-state index in [1.54, 1.807) is 12.1 Å². The lowest BCUT2D eigenvalue weighted by Gasteiger charge is -2.17. The zero-order valence-corrected chi connectivity index (χ0v) is 15.3. The second-order valence-corrected chi connectivity index (χ2v) is 7.05. The van der Waals surface area contributed by atoms with Crippen molar-refractivity contribution in [2.24, 2.45) is 5.92 Å². The molecule has 0 aliphatic carbocycles. The first kappa shape index (κ1) is 17.6. The van der Waals surface area contributed by atoms with Crippen molar-refractivity contribution in [3.8, 4) is 0 Å². The van der Waals surface area contributed by atoms with E-state index in [0.717, 1.165) is 11.1 Å². The molecule has 130 valence electrons. The Labute approximate surface area is 154 Å². The molecule has 0 saturated carbocycles. The molecule has 0 bridgehead atoms. The zero-order valence-electron chi connectivity index (χ0n) is 13.8. The minimum atomic E-state index is -0.771. The summed E-state index contributed by atoms with van der Waals surface area (Å²) in [5, 5.41) is 2.81. The standard InChI is InChI=1S/C19H18BrFN2O2/c1-12-3-2-4-13(9-12)11-22-18(24)15-7-8-23(19(15)25)17-6-5-14(20)10-16(17)21/h2-6,9-10,15H,7-8,11H2,1H3,(H,22,24)/t15-/m1/s1. The molecule has 25 heavy (non-hydrogen) atoms. The summed E-state index contributed by atoms with van der Waals surface area (Å²) in [6.07, 6.45) is 0.383. The van der Waals surface area contributed by atoms with Crippen LogP contribution in [0.4, 0.5) is 10.1 Å². The molecule has 1 fully saturated rings. The number of aryl methyl sites for hydroxylation is 1. The minimum Gasteiger partial charge on any atom is -0.351 e. The lowest BCUT2D eigenvalue weighted by Crippen LogP contribution is -2.36. The highest BCUT2D eigenvalue weighted by atomic mass is 79.9. The van der Waals surface area contributed by atoms with Crippen LogP contribution in [0.2, 0.25) is 0 Å². The third-order valence-corrected chi connectivity index (χ3v) is 4.76. The van der Waals surface area contributed by atoms with E-state index < -0.39 is 11.7 Å². The lowest BCUT2D eigenvalue weighted by atomic mass is 10.1. The predicted molar refractivity (Wildman–Crippen MR) is 97.6 cm³/mol. The van der Waals surface area contributed by atoms with Crippen LogP contribution in [0.25, 0.3) is 0 Å². The topological polar surface area (TPSA) is 49.4 Å². The first-order chi connectivity index (χ1) is 12.0. The van der Waals surface area contributed by atoms with E-state index in [0.29, 0.717) is 24.0 Å². The van der Waals surface area contributed by atoms with Crippen LogP contribution < -0.4 is 10.2 Å². The third-order valence-electron chi connectivity index (χ3n) is 4.27. The van der Waals surface area contributed by atoms with Gasteiger partial charge in [-0.3, -0.25) is 9.59 Å². The van der Waals surface area contributed by atoms with Crippen LogP contribution >= 0.6 is 15.9 Å². The van der Waals surface area contributed by atoms with E-state index in [9.17, 15) is 14.0 Å². The number of carbonyl (C=O) groups excluding carboxylic acids is 2. The number of hydrogen-bond acceptors (Lipinski definition) is 2. The lowest BCUT2D eigenvalue weighted by molar-refractivity contribution is -0.132. The molecule has 0 radical (unpaired) electrons. The van der Waals surface area contributed by atoms with Gasteiger partial charge in [0.15, 0.2) is 0 Å². The van der Waals surface area contributed by atoms with E-state index in [1.807, 2.05) is 31.2 Å². The van der Waals surface area contributed by atoms with Gasteiger partial charge < -0.3 is 10.2 Å². The van der Waals surface area contributed by atoms with E-state index in [4.69, 9.17) is 0 Å². The Bertz CT molecular complexity index is 825. The number of anilines is 1. The molecule has 1 aliphatic heterocycles. The highest BCUT2D eigenvalue weighted by molar-refractivity contribution is 9.10. The van der Waals surface area contributed by atoms with Gasteiger partial charge >= 0.3 is 0 Å². The quantitative estimate of drug-likeness (QED) is 0.791. The maximum absolute atomic E-state index is 14.1. The monoisotopic (exact) mass is 404 g/mol. The molecule has 1 saturated heterocycles. The second kappa shape index (κ2) is 7.35. The fourth-order valence-electron chi connectivity index (χ4n) is 3.00. The zero-order chi connectivity index (χ0) is 18.0. The predicted octanol–water partition coefficient (Wildman–Crippen LogP) is 3.57. The van der Waals surface area contributed by atoms with Gasteiger partial charge in [0.1, 0.15) is 11.7 Å². The van der Waals surface area contributed by atoms with Crippen LogP contribution in [0.3, 0.4) is 0 Å². The number of nitrogens with zero attached hydrogens (tertiary/aromatic N) is 1. The molecule has 1 aliphatic rings. The van der Waals surface area contributed by atoms with Crippen molar-refractivity contribution in [1.29, 1.82) is 0 Å². The molecule has 2 amide bonds. The van der Waals surface area contributed by atoms with Crippen LogP contribution in [0.1, 0.15) is 17.5 Å². The maximum Gasteiger partial charge on any atom is 0.239 e. The summed E-state index contributed by atoms with van der Waals surface area (Å²) in [6, 6.07) is 12.4. The Morgan fingerprint density at radius 3 is 2.84 bits per heavy atom. The summed E-state index contributed by atoms with van der Waals surface area (Å²) in [5.41, 5.74) is 2.30. The van der Waals surface area contributed by atoms with Gasteiger partial charge in [-0.25, -0.2) is 4.39 Å². The average Bonchev–Trinajstić information content (AvgIpc) is 2.94. The molecule has 0 aromatic heterocycles. The first-order valence-corrected chi connectivity index (χ1v) is 8.84.